The lowest BCUT2D eigenvalue weighted by Gasteiger charge is -2.37. The van der Waals surface area contributed by atoms with E-state index in [1.807, 2.05) is 0 Å². The van der Waals surface area contributed by atoms with E-state index in [0.29, 0.717) is 32.2 Å². The standard InChI is InChI=1S/C28H33F5N4O3/c1-17(36-12-6-11-27(29,30)16-36)21-14-26(21,15-24(38)39)34-25(40)22-13-23(37(35-22)18-7-2-3-8-18)19-9-4-5-10-20(19)28(31,32)33/h4-5,9-10,13,17-18,21H,2-3,6-8,11-12,14-16H2,1H3,(H,34,40)(H,38,39)/t17?,21?,26-/m0/s1. The number of carbonyl (C=O) groups excluding carboxylic acids is 1. The molecule has 40 heavy (non-hydrogen) atoms. The lowest BCUT2D eigenvalue weighted by Crippen LogP contribution is -2.50. The van der Waals surface area contributed by atoms with Crippen LogP contribution in [0.4, 0.5) is 22.0 Å². The molecule has 1 amide bonds. The summed E-state index contributed by atoms with van der Waals surface area (Å²) in [4.78, 5) is 26.9. The minimum atomic E-state index is -4.61. The average molecular weight is 569 g/mol. The molecule has 2 heterocycles. The van der Waals surface area contributed by atoms with Crippen molar-refractivity contribution < 1.29 is 36.6 Å². The molecule has 1 aromatic carbocycles. The Morgan fingerprint density at radius 2 is 1.88 bits per heavy atom. The van der Waals surface area contributed by atoms with Crippen molar-refractivity contribution in [3.63, 3.8) is 0 Å². The maximum atomic E-state index is 14.1. The van der Waals surface area contributed by atoms with Gasteiger partial charge in [0.25, 0.3) is 11.8 Å². The summed E-state index contributed by atoms with van der Waals surface area (Å²) in [6.45, 7) is 1.80. The number of halogens is 5. The number of rotatable bonds is 8. The zero-order valence-corrected chi connectivity index (χ0v) is 22.2. The van der Waals surface area contributed by atoms with Crippen molar-refractivity contribution in [3.05, 3.63) is 41.6 Å². The number of amides is 1. The van der Waals surface area contributed by atoms with Crippen molar-refractivity contribution >= 4 is 11.9 Å². The van der Waals surface area contributed by atoms with Gasteiger partial charge in [-0.15, -0.1) is 0 Å². The van der Waals surface area contributed by atoms with Gasteiger partial charge in [0, 0.05) is 23.9 Å². The van der Waals surface area contributed by atoms with Crippen LogP contribution in [0.5, 0.6) is 0 Å². The normalized spacial score (nSPS) is 26.0. The van der Waals surface area contributed by atoms with Crippen LogP contribution in [0.25, 0.3) is 11.3 Å². The van der Waals surface area contributed by atoms with Crippen LogP contribution >= 0.6 is 0 Å². The monoisotopic (exact) mass is 568 g/mol. The van der Waals surface area contributed by atoms with Crippen LogP contribution in [0.1, 0.15) is 80.4 Å². The van der Waals surface area contributed by atoms with Gasteiger partial charge in [0.1, 0.15) is 0 Å². The van der Waals surface area contributed by atoms with Crippen molar-refractivity contribution in [3.8, 4) is 11.3 Å². The number of carboxylic acid groups (broad SMARTS) is 1. The largest absolute Gasteiger partial charge is 0.481 e. The molecule has 1 saturated heterocycles. The number of nitrogens with one attached hydrogen (secondary N) is 1. The van der Waals surface area contributed by atoms with E-state index in [1.165, 1.54) is 28.9 Å². The number of piperidine rings is 1. The Bertz CT molecular complexity index is 1270. The molecule has 218 valence electrons. The minimum absolute atomic E-state index is 0.0855. The highest BCUT2D eigenvalue weighted by Crippen LogP contribution is 2.51. The predicted molar refractivity (Wildman–Crippen MR) is 136 cm³/mol. The van der Waals surface area contributed by atoms with Crippen molar-refractivity contribution in [2.45, 2.75) is 88.0 Å². The van der Waals surface area contributed by atoms with Gasteiger partial charge in [-0.3, -0.25) is 19.2 Å². The van der Waals surface area contributed by atoms with E-state index in [1.54, 1.807) is 11.8 Å². The molecule has 2 unspecified atom stereocenters. The highest BCUT2D eigenvalue weighted by Gasteiger charge is 2.60. The van der Waals surface area contributed by atoms with E-state index < -0.39 is 54.1 Å². The van der Waals surface area contributed by atoms with Gasteiger partial charge in [0.2, 0.25) is 0 Å². The molecule has 2 aliphatic carbocycles. The second kappa shape index (κ2) is 10.4. The number of benzene rings is 1. The summed E-state index contributed by atoms with van der Waals surface area (Å²) in [7, 11) is 0. The molecule has 5 rings (SSSR count). The summed E-state index contributed by atoms with van der Waals surface area (Å²) in [6, 6.07) is 5.92. The predicted octanol–water partition coefficient (Wildman–Crippen LogP) is 5.77. The van der Waals surface area contributed by atoms with Crippen LogP contribution in [0.15, 0.2) is 30.3 Å². The van der Waals surface area contributed by atoms with Crippen LogP contribution in [0, 0.1) is 5.92 Å². The molecular weight excluding hydrogens is 535 g/mol. The van der Waals surface area contributed by atoms with Gasteiger partial charge in [0.05, 0.1) is 35.8 Å². The van der Waals surface area contributed by atoms with E-state index in [-0.39, 0.29) is 35.3 Å². The smallest absolute Gasteiger partial charge is 0.417 e. The first-order chi connectivity index (χ1) is 18.8. The van der Waals surface area contributed by atoms with Crippen molar-refractivity contribution in [1.82, 2.24) is 20.0 Å². The number of carbonyl (C=O) groups is 2. The number of nitrogens with zero attached hydrogens (tertiary/aromatic N) is 3. The van der Waals surface area contributed by atoms with E-state index >= 15 is 0 Å². The van der Waals surface area contributed by atoms with Crippen LogP contribution < -0.4 is 5.32 Å². The SMILES string of the molecule is CC(C1C[C@@]1(CC(=O)O)NC(=O)c1cc(-c2ccccc2C(F)(F)F)n(C2CCCC2)n1)N1CCCC(F)(F)C1. The molecule has 7 nitrogen and oxygen atoms in total. The van der Waals surface area contributed by atoms with Crippen molar-refractivity contribution in [2.24, 2.45) is 5.92 Å². The first kappa shape index (κ1) is 28.5. The molecule has 12 heteroatoms. The molecule has 2 saturated carbocycles. The van der Waals surface area contributed by atoms with E-state index in [2.05, 4.69) is 10.4 Å². The topological polar surface area (TPSA) is 87.5 Å². The molecule has 0 bridgehead atoms. The zero-order valence-electron chi connectivity index (χ0n) is 22.2. The van der Waals surface area contributed by atoms with Gasteiger partial charge in [0.15, 0.2) is 5.69 Å². The first-order valence-corrected chi connectivity index (χ1v) is 13.7. The molecule has 0 spiro atoms. The van der Waals surface area contributed by atoms with Crippen LogP contribution in [0.2, 0.25) is 0 Å². The van der Waals surface area contributed by atoms with E-state index in [0.717, 1.165) is 18.9 Å². The van der Waals surface area contributed by atoms with Gasteiger partial charge in [-0.25, -0.2) is 8.78 Å². The number of aliphatic carboxylic acids is 1. The third kappa shape index (κ3) is 5.73. The second-order valence-corrected chi connectivity index (χ2v) is 11.5. The van der Waals surface area contributed by atoms with Crippen LogP contribution in [-0.2, 0) is 11.0 Å². The second-order valence-electron chi connectivity index (χ2n) is 11.5. The molecule has 2 N–H and O–H groups in total. The van der Waals surface area contributed by atoms with Crippen molar-refractivity contribution in [2.75, 3.05) is 13.1 Å². The Hall–Kier alpha value is -3.02. The van der Waals surface area contributed by atoms with Crippen LogP contribution in [0.3, 0.4) is 0 Å². The number of aromatic nitrogens is 2. The molecule has 0 radical (unpaired) electrons. The molecular formula is C28H33F5N4O3. The number of alkyl halides is 5. The van der Waals surface area contributed by atoms with Gasteiger partial charge >= 0.3 is 12.1 Å². The summed E-state index contributed by atoms with van der Waals surface area (Å²) in [5.41, 5.74) is -2.01. The Morgan fingerprint density at radius 1 is 1.18 bits per heavy atom. The fraction of sp³-hybridized carbons (Fsp3) is 0.607. The van der Waals surface area contributed by atoms with Gasteiger partial charge in [-0.1, -0.05) is 31.0 Å². The number of likely N-dealkylation sites (tertiary alicyclic amines) is 1. The fourth-order valence-corrected chi connectivity index (χ4v) is 6.60. The number of hydrogen-bond acceptors (Lipinski definition) is 4. The minimum Gasteiger partial charge on any atom is -0.481 e. The maximum Gasteiger partial charge on any atom is 0.417 e. The molecule has 3 atom stereocenters. The highest BCUT2D eigenvalue weighted by atomic mass is 19.4. The van der Waals surface area contributed by atoms with Crippen LogP contribution in [-0.4, -0.2) is 62.3 Å². The van der Waals surface area contributed by atoms with Crippen molar-refractivity contribution in [1.29, 1.82) is 0 Å². The Morgan fingerprint density at radius 3 is 2.52 bits per heavy atom. The van der Waals surface area contributed by atoms with Gasteiger partial charge in [-0.2, -0.15) is 18.3 Å². The first-order valence-electron chi connectivity index (χ1n) is 13.7. The summed E-state index contributed by atoms with van der Waals surface area (Å²) in [5, 5.41) is 16.8. The summed E-state index contributed by atoms with van der Waals surface area (Å²) in [5.74, 6) is -5.03. The van der Waals surface area contributed by atoms with Gasteiger partial charge in [-0.05, 0) is 51.3 Å². The molecule has 2 aromatic rings. The summed E-state index contributed by atoms with van der Waals surface area (Å²) < 4.78 is 71.2. The summed E-state index contributed by atoms with van der Waals surface area (Å²) >= 11 is 0. The van der Waals surface area contributed by atoms with E-state index in [4.69, 9.17) is 0 Å². The highest BCUT2D eigenvalue weighted by molar-refractivity contribution is 5.95. The Kier molecular flexibility index (Phi) is 7.43. The number of carboxylic acids is 1. The lowest BCUT2D eigenvalue weighted by atomic mass is 9.99. The molecule has 1 aromatic heterocycles. The maximum absolute atomic E-state index is 14.1. The lowest BCUT2D eigenvalue weighted by molar-refractivity contribution is -0.138. The molecule has 3 aliphatic rings. The Balaban J connectivity index is 1.43. The Labute approximate surface area is 228 Å². The number of hydrogen-bond donors (Lipinski definition) is 2. The quantitative estimate of drug-likeness (QED) is 0.395. The zero-order chi connectivity index (χ0) is 28.9. The molecule has 1 aliphatic heterocycles. The van der Waals surface area contributed by atoms with Gasteiger partial charge < -0.3 is 10.4 Å². The third-order valence-corrected chi connectivity index (χ3v) is 8.69. The average Bonchev–Trinajstić information content (AvgIpc) is 3.23. The summed E-state index contributed by atoms with van der Waals surface area (Å²) in [6.07, 6.45) is -1.37. The third-order valence-electron chi connectivity index (χ3n) is 8.69. The fourth-order valence-electron chi connectivity index (χ4n) is 6.60. The molecule has 3 fully saturated rings. The van der Waals surface area contributed by atoms with E-state index in [9.17, 15) is 36.6 Å².